The summed E-state index contributed by atoms with van der Waals surface area (Å²) in [6.07, 6.45) is 1.61. The van der Waals surface area contributed by atoms with Gasteiger partial charge in [-0.15, -0.1) is 0 Å². The molecule has 1 heterocycles. The number of fused-ring (bicyclic) bond motifs is 1. The van der Waals surface area contributed by atoms with E-state index in [9.17, 15) is 0 Å². The molecule has 3 heteroatoms. The molecule has 0 saturated carbocycles. The molecule has 0 bridgehead atoms. The highest BCUT2D eigenvalue weighted by Gasteiger charge is 2.08. The quantitative estimate of drug-likeness (QED) is 0.755. The number of aromatic nitrogens is 2. The van der Waals surface area contributed by atoms with Gasteiger partial charge < -0.3 is 4.90 Å². The van der Waals surface area contributed by atoms with E-state index in [4.69, 9.17) is 0 Å². The molecule has 0 saturated heterocycles. The van der Waals surface area contributed by atoms with Crippen LogP contribution in [0.5, 0.6) is 0 Å². The van der Waals surface area contributed by atoms with Crippen molar-refractivity contribution in [2.45, 2.75) is 13.8 Å². The summed E-state index contributed by atoms with van der Waals surface area (Å²) in [7, 11) is 2.03. The highest BCUT2D eigenvalue weighted by molar-refractivity contribution is 5.89. The third-order valence-corrected chi connectivity index (χ3v) is 2.64. The fourth-order valence-corrected chi connectivity index (χ4v) is 1.94. The predicted octanol–water partition coefficient (Wildman–Crippen LogP) is 2.95. The van der Waals surface area contributed by atoms with Crippen LogP contribution in [0.25, 0.3) is 10.9 Å². The summed E-state index contributed by atoms with van der Waals surface area (Å²) in [6, 6.07) is 6.22. The zero-order chi connectivity index (χ0) is 12.4. The molecule has 0 spiro atoms. The summed E-state index contributed by atoms with van der Waals surface area (Å²) in [4.78, 5) is 10.8. The number of rotatable bonds is 3. The first kappa shape index (κ1) is 11.6. The van der Waals surface area contributed by atoms with Crippen molar-refractivity contribution >= 4 is 16.7 Å². The Morgan fingerprint density at radius 1 is 1.35 bits per heavy atom. The van der Waals surface area contributed by atoms with Crippen molar-refractivity contribution in [3.05, 3.63) is 42.2 Å². The maximum atomic E-state index is 4.37. The van der Waals surface area contributed by atoms with Crippen LogP contribution >= 0.6 is 0 Å². The fourth-order valence-electron chi connectivity index (χ4n) is 1.94. The number of aryl methyl sites for hydroxylation is 1. The van der Waals surface area contributed by atoms with Gasteiger partial charge in [-0.05, 0) is 26.0 Å². The van der Waals surface area contributed by atoms with E-state index in [0.717, 1.165) is 28.8 Å². The van der Waals surface area contributed by atoms with Crippen molar-refractivity contribution in [2.75, 3.05) is 18.5 Å². The molecule has 0 aliphatic carbocycles. The van der Waals surface area contributed by atoms with Crippen molar-refractivity contribution in [2.24, 2.45) is 0 Å². The highest BCUT2D eigenvalue weighted by atomic mass is 15.2. The molecule has 1 aromatic heterocycles. The highest BCUT2D eigenvalue weighted by Crippen LogP contribution is 2.23. The molecule has 0 radical (unpaired) electrons. The summed E-state index contributed by atoms with van der Waals surface area (Å²) in [5.41, 5.74) is 3.32. The molecule has 0 aliphatic rings. The third-order valence-electron chi connectivity index (χ3n) is 2.64. The molecule has 2 rings (SSSR count). The number of nitrogens with zero attached hydrogens (tertiary/aromatic N) is 3. The maximum Gasteiger partial charge on any atom is 0.139 e. The topological polar surface area (TPSA) is 29.0 Å². The van der Waals surface area contributed by atoms with Gasteiger partial charge in [0.2, 0.25) is 0 Å². The molecule has 0 fully saturated rings. The zero-order valence-electron chi connectivity index (χ0n) is 10.6. The van der Waals surface area contributed by atoms with E-state index >= 15 is 0 Å². The molecular formula is C14H17N3. The molecule has 3 nitrogen and oxygen atoms in total. The Bertz CT molecular complexity index is 560. The lowest BCUT2D eigenvalue weighted by molar-refractivity contribution is 0.955. The zero-order valence-corrected chi connectivity index (χ0v) is 10.6. The van der Waals surface area contributed by atoms with E-state index in [2.05, 4.69) is 40.5 Å². The van der Waals surface area contributed by atoms with Crippen LogP contribution in [0.3, 0.4) is 0 Å². The average Bonchev–Trinajstić information content (AvgIpc) is 2.27. The summed E-state index contributed by atoms with van der Waals surface area (Å²) >= 11 is 0. The summed E-state index contributed by atoms with van der Waals surface area (Å²) in [5, 5.41) is 1.09. The Labute approximate surface area is 102 Å². The van der Waals surface area contributed by atoms with E-state index in [0.29, 0.717) is 0 Å². The smallest absolute Gasteiger partial charge is 0.139 e. The summed E-state index contributed by atoms with van der Waals surface area (Å²) < 4.78 is 0. The first-order chi connectivity index (χ1) is 8.08. The van der Waals surface area contributed by atoms with Crippen LogP contribution in [-0.2, 0) is 0 Å². The second-order valence-corrected chi connectivity index (χ2v) is 4.53. The Kier molecular flexibility index (Phi) is 3.09. The van der Waals surface area contributed by atoms with Crippen molar-refractivity contribution in [1.29, 1.82) is 0 Å². The van der Waals surface area contributed by atoms with E-state index in [1.807, 2.05) is 20.0 Å². The first-order valence-corrected chi connectivity index (χ1v) is 5.65. The van der Waals surface area contributed by atoms with Crippen LogP contribution in [0.4, 0.5) is 5.82 Å². The normalized spacial score (nSPS) is 10.5. The predicted molar refractivity (Wildman–Crippen MR) is 72.4 cm³/mol. The molecule has 0 amide bonds. The van der Waals surface area contributed by atoms with Crippen LogP contribution in [0.2, 0.25) is 0 Å². The first-order valence-electron chi connectivity index (χ1n) is 5.65. The van der Waals surface area contributed by atoms with Gasteiger partial charge in [0.25, 0.3) is 0 Å². The molecule has 0 atom stereocenters. The molecular weight excluding hydrogens is 210 g/mol. The molecule has 0 unspecified atom stereocenters. The second kappa shape index (κ2) is 4.53. The number of benzene rings is 1. The van der Waals surface area contributed by atoms with Crippen molar-refractivity contribution in [1.82, 2.24) is 9.97 Å². The van der Waals surface area contributed by atoms with Crippen molar-refractivity contribution in [3.63, 3.8) is 0 Å². The van der Waals surface area contributed by atoms with Crippen LogP contribution < -0.4 is 4.90 Å². The standard InChI is InChI=1S/C14H17N3/c1-10(2)8-17(4)14-12-7-11(3)5-6-13(12)15-9-16-14/h5-7,9H,1,8H2,2-4H3. The minimum absolute atomic E-state index is 0.806. The Hall–Kier alpha value is -1.90. The minimum atomic E-state index is 0.806. The minimum Gasteiger partial charge on any atom is -0.355 e. The average molecular weight is 227 g/mol. The van der Waals surface area contributed by atoms with Gasteiger partial charge in [-0.3, -0.25) is 0 Å². The van der Waals surface area contributed by atoms with E-state index in [1.54, 1.807) is 6.33 Å². The lowest BCUT2D eigenvalue weighted by Crippen LogP contribution is -2.20. The molecule has 17 heavy (non-hydrogen) atoms. The number of hydrogen-bond donors (Lipinski definition) is 0. The molecule has 0 aliphatic heterocycles. The van der Waals surface area contributed by atoms with Gasteiger partial charge >= 0.3 is 0 Å². The van der Waals surface area contributed by atoms with Gasteiger partial charge in [-0.25, -0.2) is 9.97 Å². The van der Waals surface area contributed by atoms with Gasteiger partial charge in [-0.1, -0.05) is 23.8 Å². The Morgan fingerprint density at radius 3 is 2.82 bits per heavy atom. The van der Waals surface area contributed by atoms with Gasteiger partial charge in [0.1, 0.15) is 12.1 Å². The lowest BCUT2D eigenvalue weighted by atomic mass is 10.1. The summed E-state index contributed by atoms with van der Waals surface area (Å²) in [5.74, 6) is 0.960. The van der Waals surface area contributed by atoms with E-state index in [-0.39, 0.29) is 0 Å². The largest absolute Gasteiger partial charge is 0.355 e. The second-order valence-electron chi connectivity index (χ2n) is 4.53. The molecule has 2 aromatic rings. The number of hydrogen-bond acceptors (Lipinski definition) is 3. The molecule has 88 valence electrons. The monoisotopic (exact) mass is 227 g/mol. The van der Waals surface area contributed by atoms with Gasteiger partial charge in [0, 0.05) is 19.0 Å². The van der Waals surface area contributed by atoms with Crippen LogP contribution in [0.1, 0.15) is 12.5 Å². The lowest BCUT2D eigenvalue weighted by Gasteiger charge is -2.19. The van der Waals surface area contributed by atoms with Gasteiger partial charge in [0.05, 0.1) is 5.52 Å². The maximum absolute atomic E-state index is 4.37. The van der Waals surface area contributed by atoms with Gasteiger partial charge in [0.15, 0.2) is 0 Å². The van der Waals surface area contributed by atoms with Gasteiger partial charge in [-0.2, -0.15) is 0 Å². The van der Waals surface area contributed by atoms with Crippen LogP contribution in [0, 0.1) is 6.92 Å². The SMILES string of the molecule is C=C(C)CN(C)c1ncnc2ccc(C)cc12. The fraction of sp³-hybridized carbons (Fsp3) is 0.286. The van der Waals surface area contributed by atoms with Crippen LogP contribution in [0.15, 0.2) is 36.7 Å². The number of anilines is 1. The molecule has 0 N–H and O–H groups in total. The van der Waals surface area contributed by atoms with Crippen LogP contribution in [-0.4, -0.2) is 23.6 Å². The third kappa shape index (κ3) is 2.44. The Morgan fingerprint density at radius 2 is 2.12 bits per heavy atom. The van der Waals surface area contributed by atoms with E-state index < -0.39 is 0 Å². The number of likely N-dealkylation sites (N-methyl/N-ethyl adjacent to an activating group) is 1. The van der Waals surface area contributed by atoms with Crippen molar-refractivity contribution < 1.29 is 0 Å². The van der Waals surface area contributed by atoms with Crippen molar-refractivity contribution in [3.8, 4) is 0 Å². The molecule has 1 aromatic carbocycles. The Balaban J connectivity index is 2.52. The van der Waals surface area contributed by atoms with E-state index in [1.165, 1.54) is 5.56 Å². The summed E-state index contributed by atoms with van der Waals surface area (Å²) in [6.45, 7) is 8.84.